The Morgan fingerprint density at radius 3 is 3.00 bits per heavy atom. The van der Waals surface area contributed by atoms with E-state index in [0.717, 1.165) is 19.3 Å². The van der Waals surface area contributed by atoms with Crippen molar-refractivity contribution in [2.24, 2.45) is 11.7 Å². The molecule has 1 aromatic rings. The normalized spacial score (nSPS) is 21.9. The van der Waals surface area contributed by atoms with Crippen LogP contribution in [0, 0.1) is 27.4 Å². The van der Waals surface area contributed by atoms with Crippen molar-refractivity contribution in [3.8, 4) is 6.07 Å². The van der Waals surface area contributed by atoms with Crippen molar-refractivity contribution in [1.29, 1.82) is 5.26 Å². The van der Waals surface area contributed by atoms with Crippen molar-refractivity contribution in [3.63, 3.8) is 0 Å². The number of nitriles is 1. The van der Waals surface area contributed by atoms with Gasteiger partial charge >= 0.3 is 5.69 Å². The minimum Gasteiger partial charge on any atom is -0.347 e. The Balaban J connectivity index is 2.36. The highest BCUT2D eigenvalue weighted by Crippen LogP contribution is 2.33. The maximum absolute atomic E-state index is 11.2. The molecule has 0 radical (unpaired) electrons. The second kappa shape index (κ2) is 6.50. The molecule has 1 fully saturated rings. The minimum atomic E-state index is -0.483. The van der Waals surface area contributed by atoms with E-state index in [1.54, 1.807) is 0 Å². The molecule has 112 valence electrons. The number of hydrogen-bond acceptors (Lipinski definition) is 6. The molecule has 1 aliphatic rings. The molecule has 2 N–H and O–H groups in total. The topological polar surface area (TPSA) is 109 Å². The fourth-order valence-electron chi connectivity index (χ4n) is 2.87. The van der Waals surface area contributed by atoms with Crippen LogP contribution in [0.5, 0.6) is 0 Å². The highest BCUT2D eigenvalue weighted by Gasteiger charge is 2.32. The Labute approximate surface area is 123 Å². The number of piperidine rings is 1. The summed E-state index contributed by atoms with van der Waals surface area (Å²) in [6.45, 7) is 3.30. The Bertz CT molecular complexity index is 569. The molecule has 0 amide bonds. The summed E-state index contributed by atoms with van der Waals surface area (Å²) in [5.74, 6) is 0.927. The summed E-state index contributed by atoms with van der Waals surface area (Å²) >= 11 is 0. The quantitative estimate of drug-likeness (QED) is 0.668. The van der Waals surface area contributed by atoms with E-state index in [1.807, 2.05) is 11.0 Å². The average molecular weight is 289 g/mol. The van der Waals surface area contributed by atoms with Crippen LogP contribution in [-0.2, 0) is 0 Å². The number of rotatable bonds is 4. The number of nitro groups is 1. The zero-order valence-corrected chi connectivity index (χ0v) is 12.0. The maximum atomic E-state index is 11.2. The lowest BCUT2D eigenvalue weighted by Gasteiger charge is -2.39. The lowest BCUT2D eigenvalue weighted by molar-refractivity contribution is -0.384. The highest BCUT2D eigenvalue weighted by molar-refractivity contribution is 5.60. The van der Waals surface area contributed by atoms with E-state index in [-0.39, 0.29) is 17.3 Å². The fourth-order valence-corrected chi connectivity index (χ4v) is 2.87. The lowest BCUT2D eigenvalue weighted by Crippen LogP contribution is -2.47. The average Bonchev–Trinajstić information content (AvgIpc) is 2.53. The molecule has 1 saturated heterocycles. The fraction of sp³-hybridized carbons (Fsp3) is 0.571. The van der Waals surface area contributed by atoms with E-state index in [1.165, 1.54) is 12.3 Å². The van der Waals surface area contributed by atoms with Gasteiger partial charge in [0.15, 0.2) is 0 Å². The summed E-state index contributed by atoms with van der Waals surface area (Å²) in [6.07, 6.45) is 4.37. The molecule has 1 aliphatic heterocycles. The SMILES string of the molecule is CCC1CCN(c2ncc(C#N)cc2[N+](=O)[O-])C(CN)C1. The van der Waals surface area contributed by atoms with E-state index in [0.29, 0.717) is 24.8 Å². The molecule has 0 aromatic carbocycles. The Hall–Kier alpha value is -2.20. The van der Waals surface area contributed by atoms with Gasteiger partial charge in [0, 0.05) is 31.4 Å². The summed E-state index contributed by atoms with van der Waals surface area (Å²) in [7, 11) is 0. The summed E-state index contributed by atoms with van der Waals surface area (Å²) in [6, 6.07) is 3.22. The third-order valence-corrected chi connectivity index (χ3v) is 4.12. The second-order valence-corrected chi connectivity index (χ2v) is 5.32. The molecule has 7 heteroatoms. The van der Waals surface area contributed by atoms with Crippen LogP contribution in [0.1, 0.15) is 31.7 Å². The predicted molar refractivity (Wildman–Crippen MR) is 78.8 cm³/mol. The zero-order valence-electron chi connectivity index (χ0n) is 12.0. The van der Waals surface area contributed by atoms with Crippen LogP contribution in [0.3, 0.4) is 0 Å². The molecule has 0 saturated carbocycles. The molecule has 0 aliphatic carbocycles. The van der Waals surface area contributed by atoms with Gasteiger partial charge in [0.2, 0.25) is 5.82 Å². The molecular formula is C14H19N5O2. The molecule has 1 aromatic heterocycles. The molecular weight excluding hydrogens is 270 g/mol. The summed E-state index contributed by atoms with van der Waals surface area (Å²) < 4.78 is 0. The van der Waals surface area contributed by atoms with Crippen LogP contribution in [0.15, 0.2) is 12.3 Å². The van der Waals surface area contributed by atoms with E-state index < -0.39 is 4.92 Å². The summed E-state index contributed by atoms with van der Waals surface area (Å²) in [5, 5.41) is 20.1. The Morgan fingerprint density at radius 1 is 1.67 bits per heavy atom. The third-order valence-electron chi connectivity index (χ3n) is 4.12. The predicted octanol–water partition coefficient (Wildman–Crippen LogP) is 1.82. The molecule has 7 nitrogen and oxygen atoms in total. The van der Waals surface area contributed by atoms with Crippen molar-refractivity contribution in [1.82, 2.24) is 4.98 Å². The minimum absolute atomic E-state index is 0.0582. The molecule has 2 unspecified atom stereocenters. The number of nitrogens with two attached hydrogens (primary N) is 1. The zero-order chi connectivity index (χ0) is 15.4. The molecule has 2 atom stereocenters. The first-order valence-corrected chi connectivity index (χ1v) is 7.11. The molecule has 21 heavy (non-hydrogen) atoms. The number of anilines is 1. The van der Waals surface area contributed by atoms with Gasteiger partial charge in [0.05, 0.1) is 10.5 Å². The van der Waals surface area contributed by atoms with Crippen molar-refractivity contribution in [2.75, 3.05) is 18.0 Å². The van der Waals surface area contributed by atoms with Crippen LogP contribution in [-0.4, -0.2) is 29.0 Å². The molecule has 0 bridgehead atoms. The molecule has 2 heterocycles. The summed E-state index contributed by atoms with van der Waals surface area (Å²) in [5.41, 5.74) is 5.91. The van der Waals surface area contributed by atoms with Gasteiger partial charge in [-0.2, -0.15) is 5.26 Å². The standard InChI is InChI=1S/C14H19N5O2/c1-2-10-3-4-18(12(5-10)8-16)14-13(19(20)21)6-11(7-15)9-17-14/h6,9-10,12H,2-5,8,16H2,1H3. The van der Waals surface area contributed by atoms with E-state index in [4.69, 9.17) is 11.0 Å². The Kier molecular flexibility index (Phi) is 4.70. The number of aromatic nitrogens is 1. The monoisotopic (exact) mass is 289 g/mol. The van der Waals surface area contributed by atoms with Crippen LogP contribution in [0.2, 0.25) is 0 Å². The van der Waals surface area contributed by atoms with Gasteiger partial charge < -0.3 is 10.6 Å². The van der Waals surface area contributed by atoms with Gasteiger partial charge in [0.25, 0.3) is 0 Å². The van der Waals surface area contributed by atoms with E-state index in [9.17, 15) is 10.1 Å². The molecule has 0 spiro atoms. The lowest BCUT2D eigenvalue weighted by atomic mass is 9.89. The van der Waals surface area contributed by atoms with Gasteiger partial charge in [0.1, 0.15) is 6.07 Å². The highest BCUT2D eigenvalue weighted by atomic mass is 16.6. The molecule has 2 rings (SSSR count). The van der Waals surface area contributed by atoms with Crippen molar-refractivity contribution >= 4 is 11.5 Å². The summed E-state index contributed by atoms with van der Waals surface area (Å²) in [4.78, 5) is 16.8. The van der Waals surface area contributed by atoms with Crippen LogP contribution in [0.4, 0.5) is 11.5 Å². The third kappa shape index (κ3) is 3.11. The van der Waals surface area contributed by atoms with E-state index >= 15 is 0 Å². The van der Waals surface area contributed by atoms with Gasteiger partial charge in [-0.25, -0.2) is 4.98 Å². The van der Waals surface area contributed by atoms with Gasteiger partial charge in [-0.15, -0.1) is 0 Å². The van der Waals surface area contributed by atoms with Gasteiger partial charge in [-0.3, -0.25) is 10.1 Å². The van der Waals surface area contributed by atoms with E-state index in [2.05, 4.69) is 11.9 Å². The second-order valence-electron chi connectivity index (χ2n) is 5.32. The van der Waals surface area contributed by atoms with Crippen LogP contribution < -0.4 is 10.6 Å². The first-order valence-electron chi connectivity index (χ1n) is 7.11. The largest absolute Gasteiger partial charge is 0.347 e. The first-order chi connectivity index (χ1) is 10.1. The van der Waals surface area contributed by atoms with Gasteiger partial charge in [-0.1, -0.05) is 13.3 Å². The van der Waals surface area contributed by atoms with Gasteiger partial charge in [-0.05, 0) is 18.8 Å². The number of hydrogen-bond donors (Lipinski definition) is 1. The van der Waals surface area contributed by atoms with Crippen molar-refractivity contribution in [2.45, 2.75) is 32.2 Å². The van der Waals surface area contributed by atoms with Crippen molar-refractivity contribution in [3.05, 3.63) is 27.9 Å². The number of nitrogens with zero attached hydrogens (tertiary/aromatic N) is 4. The maximum Gasteiger partial charge on any atom is 0.312 e. The Morgan fingerprint density at radius 2 is 2.43 bits per heavy atom. The smallest absolute Gasteiger partial charge is 0.312 e. The first kappa shape index (κ1) is 15.2. The van der Waals surface area contributed by atoms with Crippen LogP contribution >= 0.6 is 0 Å². The van der Waals surface area contributed by atoms with Crippen molar-refractivity contribution < 1.29 is 4.92 Å². The van der Waals surface area contributed by atoms with Crippen LogP contribution in [0.25, 0.3) is 0 Å². The number of pyridine rings is 1.